The Morgan fingerprint density at radius 2 is 2.46 bits per heavy atom. The summed E-state index contributed by atoms with van der Waals surface area (Å²) in [5.41, 5.74) is 0. The van der Waals surface area contributed by atoms with Gasteiger partial charge in [0.05, 0.1) is 0 Å². The summed E-state index contributed by atoms with van der Waals surface area (Å²) in [5, 5.41) is 3.90. The monoisotopic (exact) mass is 177 g/mol. The van der Waals surface area contributed by atoms with E-state index in [0.29, 0.717) is 24.4 Å². The highest BCUT2D eigenvalue weighted by atomic mass is 16.3. The Hall–Kier alpha value is -1.91. The molecule has 2 aromatic rings. The lowest BCUT2D eigenvalue weighted by molar-refractivity contribution is 0.109. The molecule has 13 heavy (non-hydrogen) atoms. The number of hydrogen-bond donors (Lipinski definition) is 0. The number of aldehydes is 1. The van der Waals surface area contributed by atoms with Crippen LogP contribution in [0.3, 0.4) is 0 Å². The lowest BCUT2D eigenvalue weighted by atomic mass is 10.4. The van der Waals surface area contributed by atoms with Crippen molar-refractivity contribution in [1.29, 1.82) is 0 Å². The predicted octanol–water partition coefficient (Wildman–Crippen LogP) is 0.732. The Morgan fingerprint density at radius 1 is 1.54 bits per heavy atom. The molecule has 0 spiro atoms. The molecule has 0 aliphatic carbocycles. The van der Waals surface area contributed by atoms with Gasteiger partial charge in [0.15, 0.2) is 12.0 Å². The van der Waals surface area contributed by atoms with Gasteiger partial charge in [-0.3, -0.25) is 4.79 Å². The van der Waals surface area contributed by atoms with Crippen molar-refractivity contribution >= 4 is 6.29 Å². The average molecular weight is 177 g/mol. The summed E-state index contributed by atoms with van der Waals surface area (Å²) in [7, 11) is 0. The van der Waals surface area contributed by atoms with E-state index in [1.54, 1.807) is 23.1 Å². The number of furan rings is 1. The van der Waals surface area contributed by atoms with Gasteiger partial charge < -0.3 is 4.42 Å². The van der Waals surface area contributed by atoms with E-state index >= 15 is 0 Å². The van der Waals surface area contributed by atoms with Gasteiger partial charge in [-0.15, -0.1) is 0 Å². The first kappa shape index (κ1) is 7.72. The maximum absolute atomic E-state index is 10.3. The third kappa shape index (κ3) is 1.64. The maximum Gasteiger partial charge on any atom is 0.185 e. The molecule has 0 fully saturated rings. The van der Waals surface area contributed by atoms with Gasteiger partial charge in [0.1, 0.15) is 25.0 Å². The zero-order valence-corrected chi connectivity index (χ0v) is 6.75. The number of hydrogen-bond acceptors (Lipinski definition) is 4. The minimum absolute atomic E-state index is 0.329. The van der Waals surface area contributed by atoms with E-state index in [-0.39, 0.29) is 0 Å². The van der Waals surface area contributed by atoms with Crippen LogP contribution in [-0.4, -0.2) is 21.1 Å². The highest BCUT2D eigenvalue weighted by molar-refractivity contribution is 5.70. The van der Waals surface area contributed by atoms with Crippen LogP contribution in [0, 0.1) is 0 Å². The van der Waals surface area contributed by atoms with Crippen molar-refractivity contribution in [3.05, 3.63) is 36.3 Å². The molecular formula is C8H7N3O2. The van der Waals surface area contributed by atoms with Gasteiger partial charge in [-0.2, -0.15) is 5.10 Å². The molecule has 0 saturated carbocycles. The highest BCUT2D eigenvalue weighted by Crippen LogP contribution is 2.06. The summed E-state index contributed by atoms with van der Waals surface area (Å²) >= 11 is 0. The van der Waals surface area contributed by atoms with Crippen LogP contribution in [0.2, 0.25) is 0 Å². The zero-order valence-electron chi connectivity index (χ0n) is 6.75. The van der Waals surface area contributed by atoms with Crippen molar-refractivity contribution in [3.8, 4) is 0 Å². The third-order valence-corrected chi connectivity index (χ3v) is 1.58. The lowest BCUT2D eigenvalue weighted by Gasteiger charge is -1.94. The summed E-state index contributed by atoms with van der Waals surface area (Å²) in [6.45, 7) is 0.494. The van der Waals surface area contributed by atoms with Gasteiger partial charge in [-0.1, -0.05) is 0 Å². The first-order valence-electron chi connectivity index (χ1n) is 3.75. The Morgan fingerprint density at radius 3 is 3.08 bits per heavy atom. The topological polar surface area (TPSA) is 60.9 Å². The molecule has 66 valence electrons. The Balaban J connectivity index is 2.14. The molecule has 5 heteroatoms. The number of carbonyl (C=O) groups excluding carboxylic acids is 1. The standard InChI is InChI=1S/C8H7N3O2/c12-4-8-2-1-7(13-8)3-11-6-9-5-10-11/h1-2,4-6H,3H2. The molecule has 0 radical (unpaired) electrons. The number of rotatable bonds is 3. The molecular weight excluding hydrogens is 170 g/mol. The summed E-state index contributed by atoms with van der Waals surface area (Å²) in [4.78, 5) is 14.1. The molecule has 0 aliphatic rings. The van der Waals surface area contributed by atoms with Crippen LogP contribution in [0.1, 0.15) is 16.3 Å². The van der Waals surface area contributed by atoms with E-state index in [4.69, 9.17) is 4.42 Å². The van der Waals surface area contributed by atoms with Crippen molar-refractivity contribution in [2.24, 2.45) is 0 Å². The lowest BCUT2D eigenvalue weighted by Crippen LogP contribution is -1.98. The van der Waals surface area contributed by atoms with Gasteiger partial charge in [0, 0.05) is 0 Å². The SMILES string of the molecule is O=Cc1ccc(Cn2cncn2)o1. The predicted molar refractivity (Wildman–Crippen MR) is 43.2 cm³/mol. The summed E-state index contributed by atoms with van der Waals surface area (Å²) in [6, 6.07) is 3.37. The third-order valence-electron chi connectivity index (χ3n) is 1.58. The Bertz CT molecular complexity index is 391. The van der Waals surface area contributed by atoms with E-state index in [2.05, 4.69) is 10.1 Å². The van der Waals surface area contributed by atoms with Crippen LogP contribution in [0.5, 0.6) is 0 Å². The molecule has 0 bridgehead atoms. The van der Waals surface area contributed by atoms with Crippen LogP contribution in [0.4, 0.5) is 0 Å². The minimum Gasteiger partial charge on any atom is -0.456 e. The second-order valence-electron chi connectivity index (χ2n) is 2.51. The van der Waals surface area contributed by atoms with Gasteiger partial charge in [-0.25, -0.2) is 9.67 Å². The molecule has 0 aliphatic heterocycles. The van der Waals surface area contributed by atoms with Gasteiger partial charge in [0.2, 0.25) is 0 Å². The largest absolute Gasteiger partial charge is 0.456 e. The molecule has 2 rings (SSSR count). The normalized spacial score (nSPS) is 10.2. The molecule has 2 aromatic heterocycles. The number of nitrogens with zero attached hydrogens (tertiary/aromatic N) is 3. The Kier molecular flexibility index (Phi) is 1.91. The fourth-order valence-corrected chi connectivity index (χ4v) is 1.02. The Labute approximate surface area is 74.0 Å². The molecule has 0 atom stereocenters. The van der Waals surface area contributed by atoms with Crippen molar-refractivity contribution in [2.75, 3.05) is 0 Å². The first-order valence-corrected chi connectivity index (χ1v) is 3.75. The summed E-state index contributed by atoms with van der Waals surface area (Å²) < 4.78 is 6.77. The molecule has 0 aromatic carbocycles. The van der Waals surface area contributed by atoms with Crippen LogP contribution < -0.4 is 0 Å². The molecule has 5 nitrogen and oxygen atoms in total. The maximum atomic E-state index is 10.3. The van der Waals surface area contributed by atoms with Gasteiger partial charge >= 0.3 is 0 Å². The number of aromatic nitrogens is 3. The fraction of sp³-hybridized carbons (Fsp3) is 0.125. The second kappa shape index (κ2) is 3.22. The number of carbonyl (C=O) groups is 1. The average Bonchev–Trinajstić information content (AvgIpc) is 2.76. The van der Waals surface area contributed by atoms with E-state index in [1.165, 1.54) is 6.33 Å². The van der Waals surface area contributed by atoms with E-state index in [9.17, 15) is 4.79 Å². The molecule has 0 amide bonds. The van der Waals surface area contributed by atoms with Gasteiger partial charge in [0.25, 0.3) is 0 Å². The molecule has 0 unspecified atom stereocenters. The van der Waals surface area contributed by atoms with Crippen LogP contribution >= 0.6 is 0 Å². The van der Waals surface area contributed by atoms with Crippen LogP contribution in [-0.2, 0) is 6.54 Å². The van der Waals surface area contributed by atoms with Crippen molar-refractivity contribution in [3.63, 3.8) is 0 Å². The van der Waals surface area contributed by atoms with E-state index < -0.39 is 0 Å². The van der Waals surface area contributed by atoms with Crippen molar-refractivity contribution in [1.82, 2.24) is 14.8 Å². The molecule has 2 heterocycles. The second-order valence-corrected chi connectivity index (χ2v) is 2.51. The fourth-order valence-electron chi connectivity index (χ4n) is 1.02. The van der Waals surface area contributed by atoms with E-state index in [0.717, 1.165) is 0 Å². The molecule has 0 saturated heterocycles. The summed E-state index contributed by atoms with van der Waals surface area (Å²) in [6.07, 6.45) is 3.71. The zero-order chi connectivity index (χ0) is 9.10. The van der Waals surface area contributed by atoms with E-state index in [1.807, 2.05) is 0 Å². The van der Waals surface area contributed by atoms with Crippen LogP contribution in [0.15, 0.2) is 29.2 Å². The first-order chi connectivity index (χ1) is 6.38. The summed E-state index contributed by atoms with van der Waals surface area (Å²) in [5.74, 6) is 1.02. The minimum atomic E-state index is 0.329. The van der Waals surface area contributed by atoms with Crippen LogP contribution in [0.25, 0.3) is 0 Å². The van der Waals surface area contributed by atoms with Crippen molar-refractivity contribution < 1.29 is 9.21 Å². The quantitative estimate of drug-likeness (QED) is 0.648. The molecule has 0 N–H and O–H groups in total. The van der Waals surface area contributed by atoms with Crippen molar-refractivity contribution in [2.45, 2.75) is 6.54 Å². The smallest absolute Gasteiger partial charge is 0.185 e. The van der Waals surface area contributed by atoms with Gasteiger partial charge in [-0.05, 0) is 12.1 Å². The highest BCUT2D eigenvalue weighted by Gasteiger charge is 2.01.